The lowest BCUT2D eigenvalue weighted by Gasteiger charge is -2.18. The van der Waals surface area contributed by atoms with Crippen LogP contribution in [0.4, 0.5) is 0 Å². The Morgan fingerprint density at radius 2 is 1.81 bits per heavy atom. The van der Waals surface area contributed by atoms with Crippen molar-refractivity contribution in [3.05, 3.63) is 76.2 Å². The Hall–Kier alpha value is -3.49. The lowest BCUT2D eigenvalue weighted by molar-refractivity contribution is 0.598. The first-order valence-corrected chi connectivity index (χ1v) is 11.9. The molecule has 0 radical (unpaired) electrons. The standard InChI is InChI=1S/C23H17ClN4O3S/c1-2-32(30,31)22-16-8-9-18(29)26-23(16)27-21(13-6-4-3-5-7-13)19(22)14-10-15-12-25-28-20(15)17(24)11-14/h3-12H,2H2,1H3,(H,25,28)(H,26,27,29). The maximum absolute atomic E-state index is 13.4. The molecule has 2 N–H and O–H groups in total. The Morgan fingerprint density at radius 1 is 1.03 bits per heavy atom. The summed E-state index contributed by atoms with van der Waals surface area (Å²) in [5.74, 6) is -0.117. The molecule has 0 amide bonds. The van der Waals surface area contributed by atoms with Crippen molar-refractivity contribution < 1.29 is 8.42 Å². The number of pyridine rings is 2. The molecule has 7 nitrogen and oxygen atoms in total. The van der Waals surface area contributed by atoms with Gasteiger partial charge >= 0.3 is 0 Å². The monoisotopic (exact) mass is 464 g/mol. The van der Waals surface area contributed by atoms with Crippen LogP contribution in [-0.4, -0.2) is 34.3 Å². The van der Waals surface area contributed by atoms with Gasteiger partial charge in [0.05, 0.1) is 33.1 Å². The predicted molar refractivity (Wildman–Crippen MR) is 126 cm³/mol. The number of halogens is 1. The molecule has 0 spiro atoms. The normalized spacial score (nSPS) is 11.9. The van der Waals surface area contributed by atoms with Gasteiger partial charge in [-0.2, -0.15) is 5.10 Å². The van der Waals surface area contributed by atoms with E-state index in [9.17, 15) is 13.2 Å². The Morgan fingerprint density at radius 3 is 2.56 bits per heavy atom. The molecule has 0 bridgehead atoms. The molecule has 5 rings (SSSR count). The molecule has 0 aliphatic heterocycles. The van der Waals surface area contributed by atoms with Gasteiger partial charge in [-0.05, 0) is 23.8 Å². The van der Waals surface area contributed by atoms with Gasteiger partial charge in [0.2, 0.25) is 5.56 Å². The number of nitrogens with one attached hydrogen (secondary N) is 2. The molecule has 0 saturated carbocycles. The highest BCUT2D eigenvalue weighted by Gasteiger charge is 2.27. The topological polar surface area (TPSA) is 109 Å². The summed E-state index contributed by atoms with van der Waals surface area (Å²) in [6, 6.07) is 15.6. The zero-order valence-electron chi connectivity index (χ0n) is 16.9. The van der Waals surface area contributed by atoms with Gasteiger partial charge in [-0.1, -0.05) is 48.9 Å². The fraction of sp³-hybridized carbons (Fsp3) is 0.0870. The second-order valence-electron chi connectivity index (χ2n) is 7.31. The van der Waals surface area contributed by atoms with Crippen LogP contribution in [0.3, 0.4) is 0 Å². The lowest BCUT2D eigenvalue weighted by atomic mass is 9.97. The molecular formula is C23H17ClN4O3S. The Balaban J connectivity index is 2.02. The molecule has 0 saturated heterocycles. The first-order valence-electron chi connectivity index (χ1n) is 9.87. The molecular weight excluding hydrogens is 448 g/mol. The highest BCUT2D eigenvalue weighted by Crippen LogP contribution is 2.41. The van der Waals surface area contributed by atoms with Gasteiger partial charge in [-0.15, -0.1) is 0 Å². The SMILES string of the molecule is CCS(=O)(=O)c1c(-c2cc(Cl)c3[nH]ncc3c2)c(-c2ccccc2)nc2[nH]c(=O)ccc12. The number of sulfone groups is 1. The van der Waals surface area contributed by atoms with E-state index in [2.05, 4.69) is 15.2 Å². The van der Waals surface area contributed by atoms with E-state index in [1.807, 2.05) is 36.4 Å². The maximum atomic E-state index is 13.4. The van der Waals surface area contributed by atoms with Crippen LogP contribution in [0.15, 0.2) is 70.5 Å². The lowest BCUT2D eigenvalue weighted by Crippen LogP contribution is -2.12. The number of benzene rings is 2. The summed E-state index contributed by atoms with van der Waals surface area (Å²) in [5, 5.41) is 8.40. The van der Waals surface area contributed by atoms with Gasteiger partial charge in [-0.3, -0.25) is 9.89 Å². The third kappa shape index (κ3) is 3.28. The van der Waals surface area contributed by atoms with Crippen LogP contribution < -0.4 is 5.56 Å². The number of aromatic nitrogens is 4. The van der Waals surface area contributed by atoms with Crippen LogP contribution in [0.2, 0.25) is 5.02 Å². The van der Waals surface area contributed by atoms with E-state index in [0.29, 0.717) is 38.3 Å². The zero-order chi connectivity index (χ0) is 22.5. The molecule has 0 fully saturated rings. The van der Waals surface area contributed by atoms with Crippen molar-refractivity contribution in [1.82, 2.24) is 20.2 Å². The summed E-state index contributed by atoms with van der Waals surface area (Å²) >= 11 is 6.50. The fourth-order valence-corrected chi connectivity index (χ4v) is 5.43. The largest absolute Gasteiger partial charge is 0.307 e. The summed E-state index contributed by atoms with van der Waals surface area (Å²) in [6.07, 6.45) is 1.63. The van der Waals surface area contributed by atoms with E-state index >= 15 is 0 Å². The number of hydrogen-bond donors (Lipinski definition) is 2. The molecule has 0 aliphatic rings. The van der Waals surface area contributed by atoms with Gasteiger partial charge in [0.1, 0.15) is 5.65 Å². The quantitative estimate of drug-likeness (QED) is 0.404. The van der Waals surface area contributed by atoms with Crippen LogP contribution in [0.1, 0.15) is 6.92 Å². The van der Waals surface area contributed by atoms with Crippen LogP contribution in [-0.2, 0) is 9.84 Å². The number of hydrogen-bond acceptors (Lipinski definition) is 5. The summed E-state index contributed by atoms with van der Waals surface area (Å²) in [7, 11) is -3.73. The summed E-state index contributed by atoms with van der Waals surface area (Å²) in [5.41, 5.74) is 2.69. The first kappa shape index (κ1) is 20.4. The van der Waals surface area contributed by atoms with Gasteiger partial charge in [0, 0.05) is 28.0 Å². The number of H-pyrrole nitrogens is 2. The van der Waals surface area contributed by atoms with E-state index in [0.717, 1.165) is 5.39 Å². The van der Waals surface area contributed by atoms with Crippen molar-refractivity contribution >= 4 is 43.4 Å². The Labute approximate surface area is 188 Å². The average molecular weight is 465 g/mol. The van der Waals surface area contributed by atoms with Crippen LogP contribution in [0.5, 0.6) is 0 Å². The number of fused-ring (bicyclic) bond motifs is 2. The summed E-state index contributed by atoms with van der Waals surface area (Å²) in [6.45, 7) is 1.59. The smallest absolute Gasteiger partial charge is 0.249 e. The number of rotatable bonds is 4. The molecule has 160 valence electrons. The molecule has 5 aromatic rings. The van der Waals surface area contributed by atoms with Crippen LogP contribution >= 0.6 is 11.6 Å². The first-order chi connectivity index (χ1) is 15.4. The third-order valence-electron chi connectivity index (χ3n) is 5.36. The van der Waals surface area contributed by atoms with Crippen LogP contribution in [0.25, 0.3) is 44.3 Å². The van der Waals surface area contributed by atoms with Gasteiger partial charge < -0.3 is 4.98 Å². The summed E-state index contributed by atoms with van der Waals surface area (Å²) < 4.78 is 26.8. The molecule has 9 heteroatoms. The molecule has 0 atom stereocenters. The van der Waals surface area contributed by atoms with Crippen molar-refractivity contribution in [2.45, 2.75) is 11.8 Å². The van der Waals surface area contributed by atoms with E-state index in [4.69, 9.17) is 16.6 Å². The van der Waals surface area contributed by atoms with E-state index in [-0.39, 0.29) is 21.9 Å². The fourth-order valence-electron chi connectivity index (χ4n) is 3.84. The molecule has 0 unspecified atom stereocenters. The van der Waals surface area contributed by atoms with Crippen molar-refractivity contribution in [2.24, 2.45) is 0 Å². The minimum absolute atomic E-state index is 0.110. The second-order valence-corrected chi connectivity index (χ2v) is 9.93. The number of nitrogens with zero attached hydrogens (tertiary/aromatic N) is 2. The molecule has 32 heavy (non-hydrogen) atoms. The van der Waals surface area contributed by atoms with E-state index in [1.165, 1.54) is 12.1 Å². The molecule has 2 aromatic carbocycles. The van der Waals surface area contributed by atoms with Crippen molar-refractivity contribution in [2.75, 3.05) is 5.75 Å². The zero-order valence-corrected chi connectivity index (χ0v) is 18.5. The van der Waals surface area contributed by atoms with Gasteiger partial charge in [0.15, 0.2) is 9.84 Å². The van der Waals surface area contributed by atoms with Crippen LogP contribution in [0, 0.1) is 0 Å². The van der Waals surface area contributed by atoms with Gasteiger partial charge in [0.25, 0.3) is 0 Å². The average Bonchev–Trinajstić information content (AvgIpc) is 3.27. The Bertz CT molecular complexity index is 1660. The minimum Gasteiger partial charge on any atom is -0.307 e. The van der Waals surface area contributed by atoms with Crippen molar-refractivity contribution in [1.29, 1.82) is 0 Å². The van der Waals surface area contributed by atoms with E-state index < -0.39 is 9.84 Å². The highest BCUT2D eigenvalue weighted by molar-refractivity contribution is 7.91. The predicted octanol–water partition coefficient (Wildman–Crippen LogP) is 4.58. The second kappa shape index (κ2) is 7.58. The Kier molecular flexibility index (Phi) is 4.83. The molecule has 0 aliphatic carbocycles. The van der Waals surface area contributed by atoms with Gasteiger partial charge in [-0.25, -0.2) is 13.4 Å². The van der Waals surface area contributed by atoms with Crippen molar-refractivity contribution in [3.63, 3.8) is 0 Å². The highest BCUT2D eigenvalue weighted by atomic mass is 35.5. The maximum Gasteiger partial charge on any atom is 0.249 e. The van der Waals surface area contributed by atoms with Crippen molar-refractivity contribution in [3.8, 4) is 22.4 Å². The summed E-state index contributed by atoms with van der Waals surface area (Å²) in [4.78, 5) is 19.5. The van der Waals surface area contributed by atoms with E-state index in [1.54, 1.807) is 19.2 Å². The minimum atomic E-state index is -3.73. The number of aromatic amines is 2. The third-order valence-corrected chi connectivity index (χ3v) is 7.46. The molecule has 3 heterocycles. The molecule has 3 aromatic heterocycles.